The lowest BCUT2D eigenvalue weighted by Crippen LogP contribution is -2.30. The third-order valence-electron chi connectivity index (χ3n) is 7.06. The zero-order chi connectivity index (χ0) is 26.9. The molecule has 4 rings (SSSR count). The Hall–Kier alpha value is -4.06. The van der Waals surface area contributed by atoms with Crippen LogP contribution in [0.1, 0.15) is 47.7 Å². The average molecular weight is 499 g/mol. The van der Waals surface area contributed by atoms with Crippen LogP contribution in [0.25, 0.3) is 5.76 Å². The molecule has 0 radical (unpaired) electrons. The van der Waals surface area contributed by atoms with Crippen LogP contribution < -0.4 is 14.5 Å². The number of hydrogen-bond acceptors (Lipinski definition) is 5. The van der Waals surface area contributed by atoms with Gasteiger partial charge in [0.1, 0.15) is 11.5 Å². The fourth-order valence-corrected chi connectivity index (χ4v) is 5.25. The number of amides is 1. The molecule has 6 nitrogen and oxygen atoms in total. The fraction of sp³-hybridized carbons (Fsp3) is 0.290. The molecule has 1 aliphatic rings. The summed E-state index contributed by atoms with van der Waals surface area (Å²) in [5.74, 6) is -1.16. The van der Waals surface area contributed by atoms with Crippen molar-refractivity contribution in [1.29, 1.82) is 0 Å². The first-order valence-corrected chi connectivity index (χ1v) is 12.6. The predicted molar refractivity (Wildman–Crippen MR) is 148 cm³/mol. The summed E-state index contributed by atoms with van der Waals surface area (Å²) >= 11 is 0. The van der Waals surface area contributed by atoms with Crippen molar-refractivity contribution in [2.75, 3.05) is 30.0 Å². The van der Waals surface area contributed by atoms with Gasteiger partial charge in [0.2, 0.25) is 0 Å². The molecule has 1 N–H and O–H groups in total. The maximum absolute atomic E-state index is 13.6. The van der Waals surface area contributed by atoms with Crippen molar-refractivity contribution in [3.8, 4) is 5.75 Å². The Kier molecular flexibility index (Phi) is 7.39. The molecule has 0 bridgehead atoms. The lowest BCUT2D eigenvalue weighted by molar-refractivity contribution is -0.132. The maximum atomic E-state index is 13.6. The number of anilines is 2. The maximum Gasteiger partial charge on any atom is 0.300 e. The molecular formula is C31H34N2O4. The number of nitrogens with zero attached hydrogens (tertiary/aromatic N) is 2. The van der Waals surface area contributed by atoms with Gasteiger partial charge in [-0.25, -0.2) is 0 Å². The molecule has 1 amide bonds. The summed E-state index contributed by atoms with van der Waals surface area (Å²) in [6, 6.07) is 18.2. The van der Waals surface area contributed by atoms with Crippen LogP contribution in [-0.2, 0) is 9.59 Å². The van der Waals surface area contributed by atoms with E-state index < -0.39 is 17.7 Å². The standard InChI is InChI=1S/C31H34N2O4/c1-7-32(8-2)22-13-15-23(16-14-22)33-27(24-12-10-9-11-20(24)4)26(29(35)31(33)36)28(34)25-18-19(3)17-21(5)30(25)37-6/h9-18,27,34H,7-8H2,1-6H3/b28-26+. The van der Waals surface area contributed by atoms with Gasteiger partial charge < -0.3 is 14.7 Å². The van der Waals surface area contributed by atoms with Crippen LogP contribution in [-0.4, -0.2) is 37.0 Å². The Morgan fingerprint density at radius 1 is 0.946 bits per heavy atom. The van der Waals surface area contributed by atoms with E-state index >= 15 is 0 Å². The summed E-state index contributed by atoms with van der Waals surface area (Å²) in [6.45, 7) is 11.7. The van der Waals surface area contributed by atoms with E-state index in [2.05, 4.69) is 18.7 Å². The van der Waals surface area contributed by atoms with Crippen molar-refractivity contribution in [2.24, 2.45) is 0 Å². The van der Waals surface area contributed by atoms with Crippen molar-refractivity contribution in [3.05, 3.63) is 94.1 Å². The lowest BCUT2D eigenvalue weighted by atomic mass is 9.91. The van der Waals surface area contributed by atoms with Gasteiger partial charge in [-0.3, -0.25) is 14.5 Å². The van der Waals surface area contributed by atoms with Gasteiger partial charge in [0.05, 0.1) is 24.3 Å². The summed E-state index contributed by atoms with van der Waals surface area (Å²) in [6.07, 6.45) is 0. The number of Topliss-reactive ketones (excluding diaryl/α,β-unsaturated/α-hetero) is 1. The number of methoxy groups -OCH3 is 1. The average Bonchev–Trinajstić information content (AvgIpc) is 3.14. The van der Waals surface area contributed by atoms with E-state index in [0.29, 0.717) is 17.0 Å². The Morgan fingerprint density at radius 3 is 2.19 bits per heavy atom. The molecule has 1 saturated heterocycles. The van der Waals surface area contributed by atoms with Gasteiger partial charge in [-0.05, 0) is 87.2 Å². The Bertz CT molecular complexity index is 1370. The highest BCUT2D eigenvalue weighted by molar-refractivity contribution is 6.51. The van der Waals surface area contributed by atoms with Crippen molar-refractivity contribution in [1.82, 2.24) is 0 Å². The molecule has 0 spiro atoms. The summed E-state index contributed by atoms with van der Waals surface area (Å²) < 4.78 is 5.60. The molecule has 1 atom stereocenters. The van der Waals surface area contributed by atoms with Crippen molar-refractivity contribution < 1.29 is 19.4 Å². The largest absolute Gasteiger partial charge is 0.507 e. The Morgan fingerprint density at radius 2 is 1.59 bits per heavy atom. The Balaban J connectivity index is 1.95. The van der Waals surface area contributed by atoms with E-state index in [9.17, 15) is 14.7 Å². The molecule has 1 heterocycles. The summed E-state index contributed by atoms with van der Waals surface area (Å²) in [4.78, 5) is 30.8. The quantitative estimate of drug-likeness (QED) is 0.242. The number of aliphatic hydroxyl groups is 1. The topological polar surface area (TPSA) is 70.1 Å². The minimum absolute atomic E-state index is 0.0513. The highest BCUT2D eigenvalue weighted by Crippen LogP contribution is 2.44. The molecule has 3 aromatic carbocycles. The number of aliphatic hydroxyl groups excluding tert-OH is 1. The van der Waals surface area contributed by atoms with Crippen LogP contribution in [0.15, 0.2) is 66.2 Å². The SMILES string of the molecule is CCN(CC)c1ccc(N2C(=O)C(=O)/C(=C(/O)c3cc(C)cc(C)c3OC)C2c2ccccc2C)cc1. The number of rotatable bonds is 7. The van der Waals surface area contributed by atoms with E-state index in [0.717, 1.165) is 41.0 Å². The number of ketones is 1. The minimum atomic E-state index is -0.786. The fourth-order valence-electron chi connectivity index (χ4n) is 5.25. The van der Waals surface area contributed by atoms with Crippen LogP contribution in [0.5, 0.6) is 5.75 Å². The molecule has 0 aromatic heterocycles. The number of carbonyl (C=O) groups excluding carboxylic acids is 2. The van der Waals surface area contributed by atoms with Gasteiger partial charge in [0.25, 0.3) is 11.7 Å². The monoisotopic (exact) mass is 498 g/mol. The van der Waals surface area contributed by atoms with Crippen molar-refractivity contribution >= 4 is 28.8 Å². The highest BCUT2D eigenvalue weighted by Gasteiger charge is 2.47. The van der Waals surface area contributed by atoms with Gasteiger partial charge >= 0.3 is 0 Å². The van der Waals surface area contributed by atoms with E-state index in [4.69, 9.17) is 4.74 Å². The third-order valence-corrected chi connectivity index (χ3v) is 7.06. The first kappa shape index (κ1) is 26.0. The van der Waals surface area contributed by atoms with E-state index in [-0.39, 0.29) is 11.3 Å². The first-order chi connectivity index (χ1) is 17.7. The van der Waals surface area contributed by atoms with Crippen LogP contribution >= 0.6 is 0 Å². The molecular weight excluding hydrogens is 464 g/mol. The number of ether oxygens (including phenoxy) is 1. The highest BCUT2D eigenvalue weighted by atomic mass is 16.5. The third kappa shape index (κ3) is 4.59. The molecule has 1 aliphatic heterocycles. The molecule has 1 unspecified atom stereocenters. The number of hydrogen-bond donors (Lipinski definition) is 1. The van der Waals surface area contributed by atoms with E-state index in [1.54, 1.807) is 6.07 Å². The van der Waals surface area contributed by atoms with Gasteiger partial charge in [-0.15, -0.1) is 0 Å². The molecule has 0 saturated carbocycles. The van der Waals surface area contributed by atoms with E-state index in [1.807, 2.05) is 75.4 Å². The van der Waals surface area contributed by atoms with Crippen molar-refractivity contribution in [3.63, 3.8) is 0 Å². The zero-order valence-corrected chi connectivity index (χ0v) is 22.3. The number of carbonyl (C=O) groups is 2. The lowest BCUT2D eigenvalue weighted by Gasteiger charge is -2.28. The normalized spacial score (nSPS) is 16.8. The second-order valence-corrected chi connectivity index (χ2v) is 9.38. The number of benzene rings is 3. The van der Waals surface area contributed by atoms with Crippen LogP contribution in [0, 0.1) is 20.8 Å². The molecule has 192 valence electrons. The Labute approximate surface area is 218 Å². The molecule has 1 fully saturated rings. The predicted octanol–water partition coefficient (Wildman–Crippen LogP) is 6.09. The van der Waals surface area contributed by atoms with Gasteiger partial charge in [0, 0.05) is 24.5 Å². The summed E-state index contributed by atoms with van der Waals surface area (Å²) in [7, 11) is 1.53. The smallest absolute Gasteiger partial charge is 0.300 e. The molecule has 0 aliphatic carbocycles. The van der Waals surface area contributed by atoms with Crippen LogP contribution in [0.3, 0.4) is 0 Å². The van der Waals surface area contributed by atoms with Gasteiger partial charge in [0.15, 0.2) is 0 Å². The van der Waals surface area contributed by atoms with Crippen molar-refractivity contribution in [2.45, 2.75) is 40.7 Å². The number of aryl methyl sites for hydroxylation is 3. The van der Waals surface area contributed by atoms with Crippen LogP contribution in [0.4, 0.5) is 11.4 Å². The van der Waals surface area contributed by atoms with Crippen LogP contribution in [0.2, 0.25) is 0 Å². The van der Waals surface area contributed by atoms with E-state index in [1.165, 1.54) is 12.0 Å². The molecule has 3 aromatic rings. The molecule has 6 heteroatoms. The van der Waals surface area contributed by atoms with Gasteiger partial charge in [-0.2, -0.15) is 0 Å². The second-order valence-electron chi connectivity index (χ2n) is 9.38. The summed E-state index contributed by atoms with van der Waals surface area (Å²) in [5.41, 5.74) is 5.52. The minimum Gasteiger partial charge on any atom is -0.507 e. The molecule has 37 heavy (non-hydrogen) atoms. The first-order valence-electron chi connectivity index (χ1n) is 12.6. The zero-order valence-electron chi connectivity index (χ0n) is 22.3. The summed E-state index contributed by atoms with van der Waals surface area (Å²) in [5, 5.41) is 11.6. The van der Waals surface area contributed by atoms with Gasteiger partial charge in [-0.1, -0.05) is 30.3 Å². The second kappa shape index (κ2) is 10.5.